The molecule has 76 valence electrons. The lowest BCUT2D eigenvalue weighted by Gasteiger charge is -1.95. The van der Waals surface area contributed by atoms with Crippen LogP contribution in [0.3, 0.4) is 0 Å². The Morgan fingerprint density at radius 2 is 2.33 bits per heavy atom. The molecule has 0 radical (unpaired) electrons. The first-order valence-electron chi connectivity index (χ1n) is 4.83. The van der Waals surface area contributed by atoms with Gasteiger partial charge in [0.1, 0.15) is 5.56 Å². The summed E-state index contributed by atoms with van der Waals surface area (Å²) in [5, 5.41) is 13.0. The molecular formula is C10H9N3O2. The monoisotopic (exact) mass is 203 g/mol. The molecule has 1 aliphatic carbocycles. The Morgan fingerprint density at radius 1 is 1.53 bits per heavy atom. The minimum Gasteiger partial charge on any atom is -0.478 e. The van der Waals surface area contributed by atoms with Gasteiger partial charge in [-0.2, -0.15) is 5.10 Å². The zero-order valence-electron chi connectivity index (χ0n) is 7.92. The van der Waals surface area contributed by atoms with Crippen molar-refractivity contribution in [3.8, 4) is 0 Å². The largest absolute Gasteiger partial charge is 0.478 e. The third kappa shape index (κ3) is 1.27. The third-order valence-corrected chi connectivity index (χ3v) is 2.61. The number of imidazole rings is 1. The van der Waals surface area contributed by atoms with E-state index >= 15 is 0 Å². The molecular weight excluding hydrogens is 194 g/mol. The van der Waals surface area contributed by atoms with Crippen molar-refractivity contribution < 1.29 is 9.90 Å². The highest BCUT2D eigenvalue weighted by molar-refractivity contribution is 5.94. The first-order chi connectivity index (χ1) is 7.25. The summed E-state index contributed by atoms with van der Waals surface area (Å²) in [6, 6.07) is 1.47. The zero-order chi connectivity index (χ0) is 10.4. The highest BCUT2D eigenvalue weighted by Crippen LogP contribution is 2.39. The van der Waals surface area contributed by atoms with Gasteiger partial charge in [-0.25, -0.2) is 14.3 Å². The van der Waals surface area contributed by atoms with Crippen LogP contribution in [0.1, 0.15) is 34.8 Å². The topological polar surface area (TPSA) is 67.5 Å². The van der Waals surface area contributed by atoms with Crippen LogP contribution in [-0.4, -0.2) is 25.7 Å². The van der Waals surface area contributed by atoms with Crippen molar-refractivity contribution in [2.75, 3.05) is 0 Å². The molecule has 0 aromatic carbocycles. The van der Waals surface area contributed by atoms with Crippen LogP contribution in [-0.2, 0) is 0 Å². The summed E-state index contributed by atoms with van der Waals surface area (Å²) in [6.07, 6.45) is 5.59. The normalized spacial score (nSPS) is 15.7. The number of fused-ring (bicyclic) bond motifs is 1. The smallest absolute Gasteiger partial charge is 0.339 e. The quantitative estimate of drug-likeness (QED) is 0.798. The van der Waals surface area contributed by atoms with E-state index in [-0.39, 0.29) is 5.56 Å². The van der Waals surface area contributed by atoms with E-state index in [1.54, 1.807) is 0 Å². The van der Waals surface area contributed by atoms with Gasteiger partial charge in [-0.15, -0.1) is 0 Å². The van der Waals surface area contributed by atoms with Gasteiger partial charge in [-0.3, -0.25) is 0 Å². The van der Waals surface area contributed by atoms with Gasteiger partial charge in [-0.1, -0.05) is 0 Å². The van der Waals surface area contributed by atoms with E-state index in [2.05, 4.69) is 10.1 Å². The van der Waals surface area contributed by atoms with E-state index < -0.39 is 5.97 Å². The Morgan fingerprint density at radius 3 is 3.00 bits per heavy atom. The predicted octanol–water partition coefficient (Wildman–Crippen LogP) is 1.30. The van der Waals surface area contributed by atoms with Crippen molar-refractivity contribution in [2.45, 2.75) is 18.8 Å². The molecule has 1 saturated carbocycles. The molecule has 2 aromatic rings. The third-order valence-electron chi connectivity index (χ3n) is 2.61. The van der Waals surface area contributed by atoms with Crippen LogP contribution >= 0.6 is 0 Å². The summed E-state index contributed by atoms with van der Waals surface area (Å²) >= 11 is 0. The van der Waals surface area contributed by atoms with Crippen molar-refractivity contribution in [1.29, 1.82) is 0 Å². The number of carboxylic acid groups (broad SMARTS) is 1. The summed E-state index contributed by atoms with van der Waals surface area (Å²) in [7, 11) is 0. The number of carbonyl (C=O) groups is 1. The van der Waals surface area contributed by atoms with Gasteiger partial charge in [-0.05, 0) is 18.9 Å². The first kappa shape index (κ1) is 8.40. The average molecular weight is 203 g/mol. The van der Waals surface area contributed by atoms with Crippen LogP contribution in [0.4, 0.5) is 0 Å². The van der Waals surface area contributed by atoms with E-state index in [0.717, 1.165) is 18.5 Å². The number of hydrogen-bond acceptors (Lipinski definition) is 3. The molecule has 0 amide bonds. The number of aromatic carboxylic acids is 1. The van der Waals surface area contributed by atoms with Crippen LogP contribution < -0.4 is 0 Å². The summed E-state index contributed by atoms with van der Waals surface area (Å²) in [4.78, 5) is 15.2. The lowest BCUT2D eigenvalue weighted by atomic mass is 10.3. The number of aromatic nitrogens is 3. The van der Waals surface area contributed by atoms with Crippen molar-refractivity contribution in [2.24, 2.45) is 0 Å². The fourth-order valence-corrected chi connectivity index (χ4v) is 1.66. The summed E-state index contributed by atoms with van der Waals surface area (Å²) in [5.74, 6) is -0.455. The average Bonchev–Trinajstić information content (AvgIpc) is 2.96. The highest BCUT2D eigenvalue weighted by Gasteiger charge is 2.27. The molecule has 15 heavy (non-hydrogen) atoms. The zero-order valence-corrected chi connectivity index (χ0v) is 7.92. The molecule has 2 aromatic heterocycles. The van der Waals surface area contributed by atoms with Gasteiger partial charge < -0.3 is 5.11 Å². The lowest BCUT2D eigenvalue weighted by molar-refractivity contribution is 0.0698. The molecule has 0 aliphatic heterocycles. The Hall–Kier alpha value is -1.91. The van der Waals surface area contributed by atoms with Crippen molar-refractivity contribution >= 4 is 11.6 Å². The molecule has 0 bridgehead atoms. The van der Waals surface area contributed by atoms with E-state index in [1.165, 1.54) is 16.8 Å². The molecule has 5 nitrogen and oxygen atoms in total. The van der Waals surface area contributed by atoms with Crippen LogP contribution in [0, 0.1) is 0 Å². The first-order valence-corrected chi connectivity index (χ1v) is 4.83. The van der Waals surface area contributed by atoms with E-state index in [9.17, 15) is 4.79 Å². The van der Waals surface area contributed by atoms with Gasteiger partial charge in [0.2, 0.25) is 0 Å². The summed E-state index contributed by atoms with van der Waals surface area (Å²) in [6.45, 7) is 0. The van der Waals surface area contributed by atoms with Crippen LogP contribution in [0.2, 0.25) is 0 Å². The number of nitrogens with zero attached hydrogens (tertiary/aromatic N) is 3. The second kappa shape index (κ2) is 2.79. The summed E-state index contributed by atoms with van der Waals surface area (Å²) < 4.78 is 1.54. The molecule has 0 spiro atoms. The maximum atomic E-state index is 10.9. The molecule has 0 saturated heterocycles. The van der Waals surface area contributed by atoms with Crippen LogP contribution in [0.25, 0.3) is 5.65 Å². The molecule has 1 N–H and O–H groups in total. The maximum Gasteiger partial charge on any atom is 0.339 e. The predicted molar refractivity (Wildman–Crippen MR) is 51.9 cm³/mol. The minimum absolute atomic E-state index is 0.205. The number of carboxylic acids is 1. The highest BCUT2D eigenvalue weighted by atomic mass is 16.4. The number of rotatable bonds is 2. The Labute approximate surface area is 85.4 Å². The number of hydrogen-bond donors (Lipinski definition) is 1. The minimum atomic E-state index is -0.963. The van der Waals surface area contributed by atoms with Crippen molar-refractivity contribution in [3.05, 3.63) is 29.7 Å². The summed E-state index contributed by atoms with van der Waals surface area (Å²) in [5.41, 5.74) is 1.60. The molecule has 1 fully saturated rings. The fourth-order valence-electron chi connectivity index (χ4n) is 1.66. The van der Waals surface area contributed by atoms with Gasteiger partial charge in [0.25, 0.3) is 0 Å². The lowest BCUT2D eigenvalue weighted by Crippen LogP contribution is -2.01. The van der Waals surface area contributed by atoms with Gasteiger partial charge in [0, 0.05) is 12.1 Å². The van der Waals surface area contributed by atoms with Gasteiger partial charge in [0.05, 0.1) is 11.9 Å². The van der Waals surface area contributed by atoms with Gasteiger partial charge in [0.15, 0.2) is 5.65 Å². The molecule has 1 aliphatic rings. The SMILES string of the molecule is O=C(O)c1ccnn2cc(C3CC3)nc12. The fraction of sp³-hybridized carbons (Fsp3) is 0.300. The van der Waals surface area contributed by atoms with E-state index in [4.69, 9.17) is 5.11 Å². The Balaban J connectivity index is 2.23. The van der Waals surface area contributed by atoms with Gasteiger partial charge >= 0.3 is 5.97 Å². The Bertz CT molecular complexity index is 543. The van der Waals surface area contributed by atoms with Crippen molar-refractivity contribution in [3.63, 3.8) is 0 Å². The second-order valence-corrected chi connectivity index (χ2v) is 3.76. The second-order valence-electron chi connectivity index (χ2n) is 3.76. The van der Waals surface area contributed by atoms with E-state index in [1.807, 2.05) is 6.20 Å². The van der Waals surface area contributed by atoms with Crippen LogP contribution in [0.15, 0.2) is 18.5 Å². The molecule has 2 heterocycles. The molecule has 0 unspecified atom stereocenters. The van der Waals surface area contributed by atoms with Crippen LogP contribution in [0.5, 0.6) is 0 Å². The van der Waals surface area contributed by atoms with E-state index in [0.29, 0.717) is 11.6 Å². The van der Waals surface area contributed by atoms with Crippen molar-refractivity contribution in [1.82, 2.24) is 14.6 Å². The molecule has 0 atom stereocenters. The Kier molecular flexibility index (Phi) is 1.56. The molecule has 3 rings (SSSR count). The maximum absolute atomic E-state index is 10.9. The molecule has 5 heteroatoms. The standard InChI is InChI=1S/C10H9N3O2/c14-10(15)7-3-4-11-13-5-8(6-1-2-6)12-9(7)13/h3-6H,1-2H2,(H,14,15).